The van der Waals surface area contributed by atoms with Crippen molar-refractivity contribution in [2.24, 2.45) is 0 Å². The van der Waals surface area contributed by atoms with Gasteiger partial charge in [0.05, 0.1) is 0 Å². The van der Waals surface area contributed by atoms with E-state index in [9.17, 15) is 26.3 Å². The largest absolute Gasteiger partial charge is 1.00 e. The molecule has 8 heteroatoms. The summed E-state index contributed by atoms with van der Waals surface area (Å²) in [6.07, 6.45) is -16.5. The van der Waals surface area contributed by atoms with Crippen molar-refractivity contribution < 1.29 is 62.4 Å². The van der Waals surface area contributed by atoms with Crippen LogP contribution in [0.3, 0.4) is 0 Å². The Morgan fingerprint density at radius 3 is 1.50 bits per heavy atom. The molecule has 0 aromatic heterocycles. The van der Waals surface area contributed by atoms with Crippen molar-refractivity contribution in [2.75, 3.05) is 0 Å². The second kappa shape index (κ2) is 5.31. The summed E-state index contributed by atoms with van der Waals surface area (Å²) in [6, 6.07) is 0. The summed E-state index contributed by atoms with van der Waals surface area (Å²) >= 11 is 0. The molecule has 0 aliphatic carbocycles. The molecule has 0 spiro atoms. The van der Waals surface area contributed by atoms with Gasteiger partial charge in [0, 0.05) is 0 Å². The molecular weight excluding hydrogens is 201 g/mol. The number of halogens is 6. The van der Waals surface area contributed by atoms with Crippen molar-refractivity contribution in [1.82, 2.24) is 0 Å². The van der Waals surface area contributed by atoms with E-state index in [0.29, 0.717) is 0 Å². The van der Waals surface area contributed by atoms with Crippen molar-refractivity contribution >= 4 is 0 Å². The second-order valence-corrected chi connectivity index (χ2v) is 1.77. The average Bonchev–Trinajstić information content (AvgIpc) is 1.82. The van der Waals surface area contributed by atoms with E-state index in [1.165, 1.54) is 0 Å². The maximum atomic E-state index is 11.7. The van der Waals surface area contributed by atoms with Crippen molar-refractivity contribution in [2.45, 2.75) is 24.9 Å². The Morgan fingerprint density at radius 2 is 1.42 bits per heavy atom. The van der Waals surface area contributed by atoms with Crippen LogP contribution in [0.15, 0.2) is 0 Å². The van der Waals surface area contributed by atoms with Gasteiger partial charge in [0.25, 0.3) is 6.43 Å². The molecule has 0 radical (unpaired) electrons. The molecule has 2 atom stereocenters. The summed E-state index contributed by atoms with van der Waals surface area (Å²) in [5.41, 5.74) is 0. The van der Waals surface area contributed by atoms with Gasteiger partial charge in [-0.1, -0.05) is 0 Å². The smallest absolute Gasteiger partial charge is 1.00 e. The molecule has 0 heterocycles. The molecule has 0 amide bonds. The Bertz CT molecular complexity index is 130. The molecule has 0 aliphatic rings. The minimum absolute atomic E-state index is 0. The average molecular weight is 206 g/mol. The fourth-order valence-corrected chi connectivity index (χ4v) is 0.319. The molecule has 0 bridgehead atoms. The summed E-state index contributed by atoms with van der Waals surface area (Å²) in [5, 5.41) is 7.42. The third-order valence-electron chi connectivity index (χ3n) is 0.852. The SMILES string of the molecule is OC(F)(F)C(F)C(F)C(F)F.[H-].[Na+]. The molecule has 0 aromatic carbocycles. The van der Waals surface area contributed by atoms with E-state index in [0.717, 1.165) is 0 Å². The van der Waals surface area contributed by atoms with Gasteiger partial charge in [0.15, 0.2) is 0 Å². The first-order valence-electron chi connectivity index (χ1n) is 2.43. The fourth-order valence-electron chi connectivity index (χ4n) is 0.319. The third kappa shape index (κ3) is 4.54. The van der Waals surface area contributed by atoms with Crippen LogP contribution in [0.25, 0.3) is 0 Å². The van der Waals surface area contributed by atoms with Crippen LogP contribution in [-0.4, -0.2) is 30.0 Å². The molecular formula is C4H5F6NaO. The van der Waals surface area contributed by atoms with Crippen molar-refractivity contribution in [3.63, 3.8) is 0 Å². The van der Waals surface area contributed by atoms with Gasteiger partial charge in [-0.15, -0.1) is 0 Å². The van der Waals surface area contributed by atoms with Crippen LogP contribution in [-0.2, 0) is 0 Å². The summed E-state index contributed by atoms with van der Waals surface area (Å²) in [7, 11) is 0. The molecule has 0 aliphatic heterocycles. The first-order valence-corrected chi connectivity index (χ1v) is 2.43. The quantitative estimate of drug-likeness (QED) is 0.446. The Kier molecular flexibility index (Phi) is 6.65. The second-order valence-electron chi connectivity index (χ2n) is 1.77. The number of hydrogen-bond donors (Lipinski definition) is 1. The van der Waals surface area contributed by atoms with E-state index < -0.39 is 24.9 Å². The van der Waals surface area contributed by atoms with Crippen molar-refractivity contribution in [1.29, 1.82) is 0 Å². The standard InChI is InChI=1S/C4H4F6O.Na.H/c5-1(3(7)8)2(6)4(9,10)11;;/h1-3,11H;;/q;+1;-1. The molecule has 70 valence electrons. The Hall–Kier alpha value is 0.540. The van der Waals surface area contributed by atoms with E-state index in [4.69, 9.17) is 5.11 Å². The molecule has 0 saturated heterocycles. The summed E-state index contributed by atoms with van der Waals surface area (Å²) < 4.78 is 68.3. The van der Waals surface area contributed by atoms with Crippen LogP contribution < -0.4 is 29.6 Å². The molecule has 1 nitrogen and oxygen atoms in total. The molecule has 0 saturated carbocycles. The minimum atomic E-state index is -5.06. The van der Waals surface area contributed by atoms with Crippen LogP contribution in [0.1, 0.15) is 1.43 Å². The van der Waals surface area contributed by atoms with E-state index in [2.05, 4.69) is 0 Å². The number of alkyl halides is 6. The zero-order chi connectivity index (χ0) is 9.23. The van der Waals surface area contributed by atoms with E-state index in [1.807, 2.05) is 0 Å². The van der Waals surface area contributed by atoms with Gasteiger partial charge in [0.2, 0.25) is 12.3 Å². The Morgan fingerprint density at radius 1 is 1.08 bits per heavy atom. The summed E-state index contributed by atoms with van der Waals surface area (Å²) in [4.78, 5) is 0. The third-order valence-corrected chi connectivity index (χ3v) is 0.852. The number of aliphatic hydroxyl groups is 1. The van der Waals surface area contributed by atoms with Gasteiger partial charge in [0.1, 0.15) is 0 Å². The van der Waals surface area contributed by atoms with Crippen LogP contribution in [0, 0.1) is 0 Å². The van der Waals surface area contributed by atoms with Crippen LogP contribution in [0.5, 0.6) is 0 Å². The van der Waals surface area contributed by atoms with Gasteiger partial charge in [-0.2, -0.15) is 8.78 Å². The van der Waals surface area contributed by atoms with Gasteiger partial charge in [-0.3, -0.25) is 0 Å². The zero-order valence-corrected chi connectivity index (χ0v) is 7.95. The topological polar surface area (TPSA) is 20.2 Å². The van der Waals surface area contributed by atoms with Gasteiger partial charge in [-0.05, 0) is 0 Å². The van der Waals surface area contributed by atoms with Crippen LogP contribution >= 0.6 is 0 Å². The number of hydrogen-bond acceptors (Lipinski definition) is 1. The Labute approximate surface area is 87.5 Å². The summed E-state index contributed by atoms with van der Waals surface area (Å²) in [5.74, 6) is 0. The van der Waals surface area contributed by atoms with E-state index in [-0.39, 0.29) is 31.0 Å². The van der Waals surface area contributed by atoms with Gasteiger partial charge in [-0.25, -0.2) is 17.6 Å². The maximum Gasteiger partial charge on any atom is 1.00 e. The van der Waals surface area contributed by atoms with E-state index in [1.54, 1.807) is 0 Å². The predicted octanol–water partition coefficient (Wildman–Crippen LogP) is -1.37. The van der Waals surface area contributed by atoms with Gasteiger partial charge < -0.3 is 6.53 Å². The molecule has 1 N–H and O–H groups in total. The van der Waals surface area contributed by atoms with E-state index >= 15 is 0 Å². The van der Waals surface area contributed by atoms with Crippen LogP contribution in [0.2, 0.25) is 0 Å². The predicted molar refractivity (Wildman–Crippen MR) is 24.1 cm³/mol. The number of rotatable bonds is 3. The monoisotopic (exact) mass is 206 g/mol. The normalized spacial score (nSPS) is 17.0. The Balaban J connectivity index is -0.000000500. The van der Waals surface area contributed by atoms with Gasteiger partial charge >= 0.3 is 35.7 Å². The van der Waals surface area contributed by atoms with Crippen molar-refractivity contribution in [3.8, 4) is 0 Å². The first-order chi connectivity index (χ1) is 4.76. The first kappa shape index (κ1) is 15.0. The maximum absolute atomic E-state index is 11.7. The summed E-state index contributed by atoms with van der Waals surface area (Å²) in [6.45, 7) is 0. The molecule has 0 rings (SSSR count). The van der Waals surface area contributed by atoms with Crippen LogP contribution in [0.4, 0.5) is 26.3 Å². The molecule has 0 aromatic rings. The fraction of sp³-hybridized carbons (Fsp3) is 1.00. The molecule has 2 unspecified atom stereocenters. The molecule has 12 heavy (non-hydrogen) atoms. The molecule has 0 fully saturated rings. The van der Waals surface area contributed by atoms with Crippen molar-refractivity contribution in [3.05, 3.63) is 0 Å². The minimum Gasteiger partial charge on any atom is -1.00 e. The zero-order valence-electron chi connectivity index (χ0n) is 6.95.